The molecule has 0 amide bonds. The number of furan rings is 3. The number of hydrogen-bond donors (Lipinski definition) is 0. The van der Waals surface area contributed by atoms with Crippen molar-refractivity contribution < 1.29 is 13.3 Å². The largest absolute Gasteiger partial charge is 0.456 e. The number of para-hydroxylation sites is 4. The normalized spacial score (nSPS) is 12.0. The van der Waals surface area contributed by atoms with E-state index in [0.717, 1.165) is 55.0 Å². The molecular weight excluding hydrogens is 1770 g/mol. The highest BCUT2D eigenvalue weighted by Crippen LogP contribution is 2.53. The van der Waals surface area contributed by atoms with Crippen LogP contribution in [0.3, 0.4) is 0 Å². The molecule has 0 bridgehead atoms. The molecule has 0 saturated heterocycles. The molecule has 0 aliphatic carbocycles. The van der Waals surface area contributed by atoms with Crippen molar-refractivity contribution >= 4 is 195 Å². The van der Waals surface area contributed by atoms with Crippen LogP contribution >= 0.6 is 0 Å². The molecule has 0 spiro atoms. The third kappa shape index (κ3) is 13.2. The first-order valence-corrected chi connectivity index (χ1v) is 50.3. The summed E-state index contributed by atoms with van der Waals surface area (Å²) >= 11 is 0. The molecule has 146 heavy (non-hydrogen) atoms. The lowest BCUT2D eigenvalue weighted by Crippen LogP contribution is -1.93. The van der Waals surface area contributed by atoms with Crippen molar-refractivity contribution in [2.24, 2.45) is 0 Å². The van der Waals surface area contributed by atoms with Crippen LogP contribution in [0.4, 0.5) is 0 Å². The van der Waals surface area contributed by atoms with Gasteiger partial charge in [-0.2, -0.15) is 0 Å². The minimum atomic E-state index is 0.915. The van der Waals surface area contributed by atoms with E-state index in [0.29, 0.717) is 0 Å². The van der Waals surface area contributed by atoms with Crippen LogP contribution in [-0.4, -0.2) is 4.57 Å². The standard InChI is InChI=1S/C52H34.C46H27NO.C44H24O2/c1-3-11-35(12-4-1)37-19-23-39(24-20-37)43-15-7-9-17-45(43)47-31-27-41-30-34-50-48(32-28-42-29-33-49(47)51(41)52(42)50)46-18-10-8-16-44(46)40-25-21-38(22-26-40)36-13-5-2-6-14-36;1-2-9-31(10-3-1)47-40-14-6-4-11-34(40)39-27-30(21-26-41(39)47)32-22-17-28-20-25-37-33(23-18-29-19-24-36(32)44(28)45(29)37)35-13-8-16-43-46(35)38-12-5-7-15-42(38)48-43;1-2-7-28-24-41-37(22-27(28)6-1)44-33(9-5-11-40(44)46-41)31-18-13-26-14-19-34-30(17-12-25-15-20-35(31)43(26)42(25)34)29-16-21-39-36(23-29)32-8-3-4-10-38(32)45-39/h1-34H;1-27H;1-24H. The Morgan fingerprint density at radius 1 is 0.116 bits per heavy atom. The summed E-state index contributed by atoms with van der Waals surface area (Å²) in [5, 5.41) is 35.0. The second-order valence-corrected chi connectivity index (χ2v) is 38.9. The lowest BCUT2D eigenvalue weighted by molar-refractivity contribution is 0.668. The molecule has 4 heterocycles. The summed E-state index contributed by atoms with van der Waals surface area (Å²) in [5.41, 5.74) is 33.7. The third-order valence-electron chi connectivity index (χ3n) is 31.1. The number of nitrogens with zero attached hydrogens (tertiary/aromatic N) is 1. The van der Waals surface area contributed by atoms with Crippen molar-refractivity contribution in [3.63, 3.8) is 0 Å². The average Bonchev–Trinajstić information content (AvgIpc) is 1.23. The van der Waals surface area contributed by atoms with Crippen LogP contribution in [-0.2, 0) is 0 Å². The molecule has 0 unspecified atom stereocenters. The second-order valence-electron chi connectivity index (χ2n) is 38.9. The summed E-state index contributed by atoms with van der Waals surface area (Å²) < 4.78 is 21.3. The quantitative estimate of drug-likeness (QED) is 0.121. The number of rotatable bonds is 11. The van der Waals surface area contributed by atoms with Gasteiger partial charge in [-0.05, 0) is 298 Å². The summed E-state index contributed by atoms with van der Waals surface area (Å²) in [6.45, 7) is 0. The summed E-state index contributed by atoms with van der Waals surface area (Å²) in [6.07, 6.45) is 0. The van der Waals surface area contributed by atoms with E-state index in [1.165, 1.54) is 257 Å². The highest BCUT2D eigenvalue weighted by molar-refractivity contribution is 6.33. The Labute approximate surface area is 839 Å². The van der Waals surface area contributed by atoms with Gasteiger partial charge in [-0.1, -0.05) is 437 Å². The Bertz CT molecular complexity index is 10700. The van der Waals surface area contributed by atoms with Crippen molar-refractivity contribution in [2.45, 2.75) is 0 Å². The second kappa shape index (κ2) is 33.2. The Morgan fingerprint density at radius 3 is 0.918 bits per heavy atom. The van der Waals surface area contributed by atoms with E-state index >= 15 is 0 Å². The minimum absolute atomic E-state index is 0.915. The first-order chi connectivity index (χ1) is 72.4. The summed E-state index contributed by atoms with van der Waals surface area (Å²) in [6, 6.07) is 188. The molecule has 0 atom stereocenters. The summed E-state index contributed by atoms with van der Waals surface area (Å²) in [5.74, 6) is 0. The van der Waals surface area contributed by atoms with Gasteiger partial charge in [-0.15, -0.1) is 0 Å². The molecular formula is C142H85NO3. The molecule has 32 aromatic rings. The predicted molar refractivity (Wildman–Crippen MR) is 618 cm³/mol. The molecule has 676 valence electrons. The first-order valence-electron chi connectivity index (χ1n) is 50.3. The van der Waals surface area contributed by atoms with Gasteiger partial charge in [0.1, 0.15) is 33.5 Å². The molecule has 0 N–H and O–H groups in total. The van der Waals surface area contributed by atoms with Crippen LogP contribution in [0.5, 0.6) is 0 Å². The molecule has 4 aromatic heterocycles. The lowest BCUT2D eigenvalue weighted by Gasteiger charge is -2.19. The fraction of sp³-hybridized carbons (Fsp3) is 0. The monoisotopic (exact) mass is 1850 g/mol. The molecule has 4 heteroatoms. The Balaban J connectivity index is 0.000000102. The molecule has 0 aliphatic rings. The number of benzene rings is 28. The molecule has 0 saturated carbocycles. The average molecular weight is 1850 g/mol. The zero-order valence-electron chi connectivity index (χ0n) is 79.2. The van der Waals surface area contributed by atoms with Crippen molar-refractivity contribution in [2.75, 3.05) is 0 Å². The van der Waals surface area contributed by atoms with Crippen LogP contribution in [0, 0.1) is 0 Å². The number of hydrogen-bond acceptors (Lipinski definition) is 3. The molecule has 0 radical (unpaired) electrons. The lowest BCUT2D eigenvalue weighted by atomic mass is 9.84. The predicted octanol–water partition coefficient (Wildman–Crippen LogP) is 40.4. The topological polar surface area (TPSA) is 44.4 Å². The van der Waals surface area contributed by atoms with Gasteiger partial charge in [0.05, 0.1) is 11.0 Å². The zero-order chi connectivity index (χ0) is 95.7. The van der Waals surface area contributed by atoms with Crippen molar-refractivity contribution in [3.05, 3.63) is 516 Å². The first kappa shape index (κ1) is 82.6. The minimum Gasteiger partial charge on any atom is -0.456 e. The van der Waals surface area contributed by atoms with Crippen molar-refractivity contribution in [3.8, 4) is 117 Å². The van der Waals surface area contributed by atoms with E-state index in [1.54, 1.807) is 0 Å². The maximum absolute atomic E-state index is 6.46. The van der Waals surface area contributed by atoms with E-state index in [4.69, 9.17) is 13.3 Å². The maximum atomic E-state index is 6.46. The Morgan fingerprint density at radius 2 is 0.425 bits per heavy atom. The van der Waals surface area contributed by atoms with Gasteiger partial charge in [-0.3, -0.25) is 0 Å². The highest BCUT2D eigenvalue weighted by Gasteiger charge is 2.26. The maximum Gasteiger partial charge on any atom is 0.136 e. The van der Waals surface area contributed by atoms with Gasteiger partial charge < -0.3 is 17.8 Å². The van der Waals surface area contributed by atoms with E-state index in [2.05, 4.69) is 502 Å². The van der Waals surface area contributed by atoms with Gasteiger partial charge in [0.2, 0.25) is 0 Å². The molecule has 4 nitrogen and oxygen atoms in total. The van der Waals surface area contributed by atoms with E-state index in [-0.39, 0.29) is 0 Å². The summed E-state index contributed by atoms with van der Waals surface area (Å²) in [4.78, 5) is 0. The summed E-state index contributed by atoms with van der Waals surface area (Å²) in [7, 11) is 0. The van der Waals surface area contributed by atoms with Crippen LogP contribution in [0.2, 0.25) is 0 Å². The van der Waals surface area contributed by atoms with Crippen molar-refractivity contribution in [1.82, 2.24) is 4.57 Å². The third-order valence-corrected chi connectivity index (χ3v) is 31.1. The van der Waals surface area contributed by atoms with Crippen LogP contribution < -0.4 is 0 Å². The van der Waals surface area contributed by atoms with E-state index < -0.39 is 0 Å². The van der Waals surface area contributed by atoms with Crippen LogP contribution in [0.25, 0.3) is 312 Å². The van der Waals surface area contributed by atoms with Gasteiger partial charge in [-0.25, -0.2) is 0 Å². The zero-order valence-corrected chi connectivity index (χ0v) is 79.2. The fourth-order valence-electron chi connectivity index (χ4n) is 24.4. The molecule has 0 aliphatic heterocycles. The van der Waals surface area contributed by atoms with Gasteiger partial charge in [0.25, 0.3) is 0 Å². The number of fused-ring (bicyclic) bond motifs is 13. The SMILES string of the molecule is c1ccc(-c2ccc(-c3ccccc3-c3ccc4ccc5c(-c6ccccc6-c6ccc(-c7ccccc7)cc6)ccc6ccc3c4c65)cc2)cc1.c1ccc(-n2c3ccccc3c3cc(-c4ccc5ccc6c(-c7cccc8oc9ccccc9c78)ccc7ccc4c5c76)ccc32)cc1.c1ccc2cc3c(cc2c1)oc1cccc(-c2ccc4ccc5c(-c6ccc7oc8ccccc8c7c6)ccc6ccc2c4c65)c13. The Kier molecular flexibility index (Phi) is 18.8. The van der Waals surface area contributed by atoms with E-state index in [9.17, 15) is 0 Å². The molecule has 0 fully saturated rings. The van der Waals surface area contributed by atoms with Gasteiger partial charge in [0.15, 0.2) is 0 Å². The van der Waals surface area contributed by atoms with Gasteiger partial charge in [0, 0.05) is 48.8 Å². The van der Waals surface area contributed by atoms with Crippen LogP contribution in [0.1, 0.15) is 0 Å². The Hall–Kier alpha value is -19.3. The van der Waals surface area contributed by atoms with Crippen LogP contribution in [0.15, 0.2) is 529 Å². The number of aromatic nitrogens is 1. The smallest absolute Gasteiger partial charge is 0.136 e. The molecule has 32 rings (SSSR count). The molecule has 28 aromatic carbocycles. The van der Waals surface area contributed by atoms with Crippen molar-refractivity contribution in [1.29, 1.82) is 0 Å². The highest BCUT2D eigenvalue weighted by atomic mass is 16.3. The van der Waals surface area contributed by atoms with E-state index in [1.807, 2.05) is 18.2 Å². The fourth-order valence-corrected chi connectivity index (χ4v) is 24.4. The van der Waals surface area contributed by atoms with Gasteiger partial charge >= 0.3 is 0 Å².